The number of H-pyrrole nitrogens is 1. The molecule has 170 valence electrons. The third-order valence-corrected chi connectivity index (χ3v) is 8.00. The van der Waals surface area contributed by atoms with Crippen molar-refractivity contribution in [3.05, 3.63) is 57.0 Å². The largest absolute Gasteiger partial charge is 0.341 e. The molecule has 5 rings (SSSR count). The Bertz CT molecular complexity index is 1370. The third-order valence-electron chi connectivity index (χ3n) is 5.78. The average Bonchev–Trinajstić information content (AvgIpc) is 3.40. The Morgan fingerprint density at radius 1 is 1.15 bits per heavy atom. The van der Waals surface area contributed by atoms with Crippen LogP contribution in [0.1, 0.15) is 47.2 Å². The molecule has 0 spiro atoms. The normalized spacial score (nSPS) is 14.2. The highest BCUT2D eigenvalue weighted by Crippen LogP contribution is 2.31. The van der Waals surface area contributed by atoms with E-state index in [1.807, 2.05) is 30.3 Å². The number of nitrogens with one attached hydrogen (secondary N) is 1. The molecule has 33 heavy (non-hydrogen) atoms. The maximum Gasteiger partial charge on any atom is 0.259 e. The smallest absolute Gasteiger partial charge is 0.259 e. The fraction of sp³-hybridized carbons (Fsp3) is 0.348. The number of nitrogens with zero attached hydrogens (tertiary/aromatic N) is 5. The number of anilines is 1. The first kappa shape index (κ1) is 21.8. The second kappa shape index (κ2) is 9.11. The minimum Gasteiger partial charge on any atom is -0.341 e. The number of aromatic nitrogens is 5. The summed E-state index contributed by atoms with van der Waals surface area (Å²) in [5.41, 5.74) is 1.49. The second-order valence-corrected chi connectivity index (χ2v) is 10.0. The Balaban J connectivity index is 1.47. The highest BCUT2D eigenvalue weighted by molar-refractivity contribution is 7.98. The first-order valence-electron chi connectivity index (χ1n) is 10.9. The van der Waals surface area contributed by atoms with Gasteiger partial charge in [0.1, 0.15) is 10.7 Å². The Hall–Kier alpha value is -2.98. The number of ketones is 1. The van der Waals surface area contributed by atoms with Crippen LogP contribution in [0.3, 0.4) is 0 Å². The van der Waals surface area contributed by atoms with Crippen LogP contribution in [0, 0.1) is 6.92 Å². The number of hydrogen-bond donors (Lipinski definition) is 1. The van der Waals surface area contributed by atoms with Crippen LogP contribution < -0.4 is 10.5 Å². The molecule has 1 aliphatic rings. The van der Waals surface area contributed by atoms with Gasteiger partial charge >= 0.3 is 0 Å². The van der Waals surface area contributed by atoms with Crippen molar-refractivity contribution < 1.29 is 4.79 Å². The topological polar surface area (TPSA) is 96.8 Å². The molecule has 0 unspecified atom stereocenters. The molecule has 4 aromatic rings. The van der Waals surface area contributed by atoms with E-state index < -0.39 is 0 Å². The van der Waals surface area contributed by atoms with Gasteiger partial charge in [-0.25, -0.2) is 4.98 Å². The molecule has 1 saturated heterocycles. The van der Waals surface area contributed by atoms with E-state index in [2.05, 4.69) is 29.6 Å². The predicted octanol–water partition coefficient (Wildman–Crippen LogP) is 4.36. The van der Waals surface area contributed by atoms with Crippen molar-refractivity contribution >= 4 is 45.0 Å². The second-order valence-electron chi connectivity index (χ2n) is 8.10. The lowest BCUT2D eigenvalue weighted by molar-refractivity contribution is 0.102. The van der Waals surface area contributed by atoms with Gasteiger partial charge in [0.25, 0.3) is 5.56 Å². The van der Waals surface area contributed by atoms with Crippen molar-refractivity contribution in [1.82, 2.24) is 24.7 Å². The number of carbonyl (C=O) groups excluding carboxylic acids is 1. The van der Waals surface area contributed by atoms with Crippen molar-refractivity contribution in [2.24, 2.45) is 0 Å². The number of carbonyl (C=O) groups is 1. The quantitative estimate of drug-likeness (QED) is 0.323. The van der Waals surface area contributed by atoms with Crippen molar-refractivity contribution in [3.63, 3.8) is 0 Å². The summed E-state index contributed by atoms with van der Waals surface area (Å²) in [6.07, 6.45) is 3.54. The standard InChI is InChI=1S/C23H24N6O2S2/c1-14-18-20(31)24-17(25-21(18)33-19(14)15(2)30)13-32-23-27-26-22(28-11-7-4-8-12-28)29(23)16-9-5-3-6-10-16/h3,5-6,9-10H,4,7-8,11-13H2,1-2H3,(H,24,25,31). The number of Topliss-reactive ketones (excluding diaryl/α,β-unsaturated/α-hetero) is 1. The van der Waals surface area contributed by atoms with E-state index in [1.165, 1.54) is 36.4 Å². The van der Waals surface area contributed by atoms with Crippen molar-refractivity contribution in [2.45, 2.75) is 44.0 Å². The first-order valence-corrected chi connectivity index (χ1v) is 12.7. The predicted molar refractivity (Wildman–Crippen MR) is 132 cm³/mol. The van der Waals surface area contributed by atoms with Gasteiger partial charge in [-0.15, -0.1) is 21.5 Å². The molecule has 3 aromatic heterocycles. The summed E-state index contributed by atoms with van der Waals surface area (Å²) in [7, 11) is 0. The van der Waals surface area contributed by atoms with Crippen LogP contribution in [-0.4, -0.2) is 43.6 Å². The molecule has 0 amide bonds. The van der Waals surface area contributed by atoms with Gasteiger partial charge in [-0.2, -0.15) is 0 Å². The Labute approximate surface area is 199 Å². The van der Waals surface area contributed by atoms with Gasteiger partial charge in [0.2, 0.25) is 5.95 Å². The summed E-state index contributed by atoms with van der Waals surface area (Å²) in [4.78, 5) is 35.6. The van der Waals surface area contributed by atoms with Crippen molar-refractivity contribution in [3.8, 4) is 5.69 Å². The number of rotatable bonds is 6. The molecule has 0 atom stereocenters. The van der Waals surface area contributed by atoms with Gasteiger partial charge in [-0.3, -0.25) is 14.2 Å². The van der Waals surface area contributed by atoms with Gasteiger partial charge in [0.05, 0.1) is 21.7 Å². The summed E-state index contributed by atoms with van der Waals surface area (Å²) >= 11 is 2.76. The number of thiophene rings is 1. The summed E-state index contributed by atoms with van der Waals surface area (Å²) in [5, 5.41) is 10.2. The fourth-order valence-electron chi connectivity index (χ4n) is 4.18. The molecule has 1 aromatic carbocycles. The summed E-state index contributed by atoms with van der Waals surface area (Å²) in [6.45, 7) is 5.25. The van der Waals surface area contributed by atoms with Gasteiger partial charge in [0.15, 0.2) is 10.9 Å². The van der Waals surface area contributed by atoms with Crippen LogP contribution in [0.15, 0.2) is 40.3 Å². The molecular weight excluding hydrogens is 456 g/mol. The van der Waals surface area contributed by atoms with Gasteiger partial charge in [-0.05, 0) is 50.8 Å². The van der Waals surface area contributed by atoms with Crippen LogP contribution in [0.5, 0.6) is 0 Å². The van der Waals surface area contributed by atoms with Gasteiger partial charge in [0, 0.05) is 13.1 Å². The molecule has 0 bridgehead atoms. The number of aromatic amines is 1. The van der Waals surface area contributed by atoms with Crippen LogP contribution in [0.2, 0.25) is 0 Å². The van der Waals surface area contributed by atoms with Gasteiger partial charge in [-0.1, -0.05) is 30.0 Å². The molecule has 1 fully saturated rings. The van der Waals surface area contributed by atoms with Crippen molar-refractivity contribution in [1.29, 1.82) is 0 Å². The Kier molecular flexibility index (Phi) is 6.03. The number of aryl methyl sites for hydroxylation is 1. The molecule has 1 N–H and O–H groups in total. The maximum atomic E-state index is 12.7. The van der Waals surface area contributed by atoms with Crippen LogP contribution in [-0.2, 0) is 5.75 Å². The van der Waals surface area contributed by atoms with E-state index in [9.17, 15) is 9.59 Å². The van der Waals surface area contributed by atoms with E-state index in [0.29, 0.717) is 32.2 Å². The average molecular weight is 481 g/mol. The molecule has 4 heterocycles. The lowest BCUT2D eigenvalue weighted by Crippen LogP contribution is -2.31. The van der Waals surface area contributed by atoms with Gasteiger partial charge < -0.3 is 9.88 Å². The van der Waals surface area contributed by atoms with E-state index in [4.69, 9.17) is 0 Å². The minimum absolute atomic E-state index is 0.0490. The monoisotopic (exact) mass is 480 g/mol. The highest BCUT2D eigenvalue weighted by Gasteiger charge is 2.22. The zero-order chi connectivity index (χ0) is 22.9. The van der Waals surface area contributed by atoms with Crippen LogP contribution >= 0.6 is 23.1 Å². The number of hydrogen-bond acceptors (Lipinski definition) is 8. The SMILES string of the molecule is CC(=O)c1sc2nc(CSc3nnc(N4CCCCC4)n3-c3ccccc3)[nH]c(=O)c2c1C. The number of para-hydroxylation sites is 1. The molecule has 0 aliphatic carbocycles. The maximum absolute atomic E-state index is 12.7. The van der Waals surface area contributed by atoms with Crippen LogP contribution in [0.25, 0.3) is 15.9 Å². The fourth-order valence-corrected chi connectivity index (χ4v) is 6.10. The summed E-state index contributed by atoms with van der Waals surface area (Å²) in [6, 6.07) is 10.1. The number of fused-ring (bicyclic) bond motifs is 1. The first-order chi connectivity index (χ1) is 16.0. The van der Waals surface area contributed by atoms with Crippen LogP contribution in [0.4, 0.5) is 5.95 Å². The van der Waals surface area contributed by atoms with E-state index in [-0.39, 0.29) is 11.3 Å². The minimum atomic E-state index is -0.213. The molecule has 10 heteroatoms. The van der Waals surface area contributed by atoms with Crippen molar-refractivity contribution in [2.75, 3.05) is 18.0 Å². The molecular formula is C23H24N6O2S2. The zero-order valence-corrected chi connectivity index (χ0v) is 20.1. The number of thioether (sulfide) groups is 1. The third kappa shape index (κ3) is 4.20. The molecule has 0 radical (unpaired) electrons. The van der Waals surface area contributed by atoms with E-state index in [0.717, 1.165) is 42.7 Å². The highest BCUT2D eigenvalue weighted by atomic mass is 32.2. The molecule has 0 saturated carbocycles. The van der Waals surface area contributed by atoms with E-state index in [1.54, 1.807) is 6.92 Å². The summed E-state index contributed by atoms with van der Waals surface area (Å²) < 4.78 is 2.08. The molecule has 8 nitrogen and oxygen atoms in total. The molecule has 1 aliphatic heterocycles. The summed E-state index contributed by atoms with van der Waals surface area (Å²) in [5.74, 6) is 1.78. The number of piperidine rings is 1. The Morgan fingerprint density at radius 2 is 1.91 bits per heavy atom. The lowest BCUT2D eigenvalue weighted by Gasteiger charge is -2.27. The Morgan fingerprint density at radius 3 is 2.64 bits per heavy atom. The lowest BCUT2D eigenvalue weighted by atomic mass is 10.1. The van der Waals surface area contributed by atoms with E-state index >= 15 is 0 Å². The number of benzene rings is 1. The zero-order valence-electron chi connectivity index (χ0n) is 18.5.